The number of hydrogen-bond acceptors (Lipinski definition) is 7. The Morgan fingerprint density at radius 3 is 2.39 bits per heavy atom. The van der Waals surface area contributed by atoms with E-state index in [1.54, 1.807) is 25.9 Å². The Balaban J connectivity index is 1.36. The van der Waals surface area contributed by atoms with Crippen LogP contribution in [-0.2, 0) is 30.8 Å². The molecule has 2 aliphatic heterocycles. The van der Waals surface area contributed by atoms with Crippen molar-refractivity contribution >= 4 is 5.91 Å². The number of hydrogen-bond donors (Lipinski definition) is 0. The Morgan fingerprint density at radius 1 is 0.939 bits per heavy atom. The van der Waals surface area contributed by atoms with Crippen LogP contribution in [0.2, 0.25) is 0 Å². The fraction of sp³-hybridized carbons (Fsp3) is 0.609. The lowest BCUT2D eigenvalue weighted by Crippen LogP contribution is -2.49. The molecule has 0 atom stereocenters. The summed E-state index contributed by atoms with van der Waals surface area (Å²) in [4.78, 5) is 29.6. The van der Waals surface area contributed by atoms with Gasteiger partial charge in [0.05, 0.1) is 21.3 Å². The van der Waals surface area contributed by atoms with E-state index in [4.69, 9.17) is 14.2 Å². The largest absolute Gasteiger partial charge is 0.493 e. The summed E-state index contributed by atoms with van der Waals surface area (Å²) in [5, 5.41) is 4.44. The molecular weight excluding hydrogens is 426 g/mol. The van der Waals surface area contributed by atoms with Crippen LogP contribution in [0, 0.1) is 0 Å². The minimum atomic E-state index is -0.167. The molecular formula is C23H33N5O5. The van der Waals surface area contributed by atoms with Gasteiger partial charge in [0, 0.05) is 51.3 Å². The number of methoxy groups -OCH3 is 3. The zero-order chi connectivity index (χ0) is 23.4. The third-order valence-corrected chi connectivity index (χ3v) is 6.47. The van der Waals surface area contributed by atoms with Crippen molar-refractivity contribution in [2.24, 2.45) is 0 Å². The maximum absolute atomic E-state index is 12.9. The van der Waals surface area contributed by atoms with Gasteiger partial charge in [-0.25, -0.2) is 9.48 Å². The molecule has 0 aliphatic carbocycles. The highest BCUT2D eigenvalue weighted by molar-refractivity contribution is 5.76. The number of fused-ring (bicyclic) bond motifs is 1. The maximum atomic E-state index is 12.9. The van der Waals surface area contributed by atoms with Gasteiger partial charge in [0.15, 0.2) is 11.5 Å². The summed E-state index contributed by atoms with van der Waals surface area (Å²) in [6.07, 6.45) is 3.94. The van der Waals surface area contributed by atoms with Crippen molar-refractivity contribution < 1.29 is 19.0 Å². The first-order valence-electron chi connectivity index (χ1n) is 11.5. The van der Waals surface area contributed by atoms with Crippen molar-refractivity contribution in [1.29, 1.82) is 0 Å². The summed E-state index contributed by atoms with van der Waals surface area (Å²) < 4.78 is 19.5. The van der Waals surface area contributed by atoms with Crippen LogP contribution in [0.5, 0.6) is 17.2 Å². The van der Waals surface area contributed by atoms with E-state index in [1.165, 1.54) is 4.68 Å². The molecule has 0 spiro atoms. The maximum Gasteiger partial charge on any atom is 0.346 e. The Kier molecular flexibility index (Phi) is 7.22. The lowest BCUT2D eigenvalue weighted by atomic mass is 10.1. The third kappa shape index (κ3) is 4.85. The highest BCUT2D eigenvalue weighted by Gasteiger charge is 2.25. The normalized spacial score (nSPS) is 16.8. The molecule has 10 nitrogen and oxygen atoms in total. The van der Waals surface area contributed by atoms with E-state index in [1.807, 2.05) is 17.0 Å². The Morgan fingerprint density at radius 2 is 1.70 bits per heavy atom. The van der Waals surface area contributed by atoms with E-state index < -0.39 is 0 Å². The van der Waals surface area contributed by atoms with Crippen molar-refractivity contribution in [3.05, 3.63) is 34.0 Å². The van der Waals surface area contributed by atoms with Crippen LogP contribution in [0.4, 0.5) is 0 Å². The number of amides is 1. The van der Waals surface area contributed by atoms with E-state index >= 15 is 0 Å². The van der Waals surface area contributed by atoms with Crippen LogP contribution >= 0.6 is 0 Å². The summed E-state index contributed by atoms with van der Waals surface area (Å²) in [6.45, 7) is 4.06. The molecule has 2 aliphatic rings. The van der Waals surface area contributed by atoms with E-state index in [0.29, 0.717) is 43.4 Å². The predicted octanol–water partition coefficient (Wildman–Crippen LogP) is 1.14. The number of ether oxygens (including phenoxy) is 3. The predicted molar refractivity (Wildman–Crippen MR) is 122 cm³/mol. The monoisotopic (exact) mass is 459 g/mol. The van der Waals surface area contributed by atoms with Gasteiger partial charge in [0.1, 0.15) is 12.4 Å². The molecule has 0 bridgehead atoms. The first-order chi connectivity index (χ1) is 16.0. The van der Waals surface area contributed by atoms with Gasteiger partial charge in [-0.1, -0.05) is 12.5 Å². The fourth-order valence-corrected chi connectivity index (χ4v) is 4.64. The number of carbonyl (C=O) groups is 1. The summed E-state index contributed by atoms with van der Waals surface area (Å²) in [5.41, 5.74) is 0.834. The van der Waals surface area contributed by atoms with E-state index in [-0.39, 0.29) is 18.1 Å². The first kappa shape index (κ1) is 23.2. The second kappa shape index (κ2) is 10.3. The quantitative estimate of drug-likeness (QED) is 0.613. The van der Waals surface area contributed by atoms with Crippen LogP contribution in [0.1, 0.15) is 30.7 Å². The molecule has 1 amide bonds. The van der Waals surface area contributed by atoms with Crippen LogP contribution in [0.25, 0.3) is 0 Å². The summed E-state index contributed by atoms with van der Waals surface area (Å²) >= 11 is 0. The average molecular weight is 460 g/mol. The number of benzene rings is 1. The number of piperazine rings is 1. The van der Waals surface area contributed by atoms with Gasteiger partial charge in [-0.15, -0.1) is 0 Å². The van der Waals surface area contributed by atoms with Crippen LogP contribution < -0.4 is 19.9 Å². The lowest BCUT2D eigenvalue weighted by Gasteiger charge is -2.35. The molecule has 10 heteroatoms. The molecule has 1 saturated heterocycles. The molecule has 4 rings (SSSR count). The third-order valence-electron chi connectivity index (χ3n) is 6.47. The Bertz CT molecular complexity index is 1040. The van der Waals surface area contributed by atoms with Crippen molar-refractivity contribution in [3.8, 4) is 17.2 Å². The van der Waals surface area contributed by atoms with Crippen molar-refractivity contribution in [3.63, 3.8) is 0 Å². The Hall–Kier alpha value is -3.01. The van der Waals surface area contributed by atoms with Gasteiger partial charge < -0.3 is 19.1 Å². The molecule has 2 aromatic rings. The standard InChI is InChI=1S/C23H33N5O5/c1-31-18-9-8-17(21(32-2)22(18)33-3)15-25-11-13-26(14-12-25)20(29)16-28-23(30)27-10-6-4-5-7-19(27)24-28/h8-9H,4-7,10-16H2,1-3H3. The molecule has 0 N–H and O–H groups in total. The van der Waals surface area contributed by atoms with E-state index in [0.717, 1.165) is 50.2 Å². The molecule has 180 valence electrons. The smallest absolute Gasteiger partial charge is 0.346 e. The molecule has 0 radical (unpaired) electrons. The minimum Gasteiger partial charge on any atom is -0.493 e. The first-order valence-corrected chi connectivity index (χ1v) is 11.5. The highest BCUT2D eigenvalue weighted by Crippen LogP contribution is 2.40. The molecule has 1 aromatic carbocycles. The topological polar surface area (TPSA) is 91.1 Å². The van der Waals surface area contributed by atoms with Gasteiger partial charge in [0.25, 0.3) is 0 Å². The molecule has 3 heterocycles. The van der Waals surface area contributed by atoms with Gasteiger partial charge in [-0.2, -0.15) is 5.10 Å². The number of aryl methyl sites for hydroxylation is 1. The van der Waals surface area contributed by atoms with Crippen molar-refractivity contribution in [1.82, 2.24) is 24.1 Å². The molecule has 0 saturated carbocycles. The van der Waals surface area contributed by atoms with Gasteiger partial charge >= 0.3 is 5.69 Å². The number of carbonyl (C=O) groups excluding carboxylic acids is 1. The average Bonchev–Trinajstić information content (AvgIpc) is 2.99. The number of rotatable bonds is 7. The zero-order valence-electron chi connectivity index (χ0n) is 19.7. The van der Waals surface area contributed by atoms with Gasteiger partial charge in [-0.05, 0) is 18.9 Å². The molecule has 1 fully saturated rings. The summed E-state index contributed by atoms with van der Waals surface area (Å²) in [6, 6.07) is 3.85. The van der Waals surface area contributed by atoms with Gasteiger partial charge in [0.2, 0.25) is 11.7 Å². The SMILES string of the molecule is COc1ccc(CN2CCN(C(=O)Cn3nc4n(c3=O)CCCCC4)CC2)c(OC)c1OC. The van der Waals surface area contributed by atoms with Crippen molar-refractivity contribution in [2.45, 2.75) is 45.3 Å². The summed E-state index contributed by atoms with van der Waals surface area (Å²) in [7, 11) is 4.81. The number of nitrogens with zero attached hydrogens (tertiary/aromatic N) is 5. The second-order valence-electron chi connectivity index (χ2n) is 8.47. The van der Waals surface area contributed by atoms with Crippen LogP contribution in [-0.4, -0.2) is 77.6 Å². The van der Waals surface area contributed by atoms with E-state index in [2.05, 4.69) is 10.00 Å². The van der Waals surface area contributed by atoms with Crippen LogP contribution in [0.15, 0.2) is 16.9 Å². The molecule has 1 aromatic heterocycles. The second-order valence-corrected chi connectivity index (χ2v) is 8.47. The summed E-state index contributed by atoms with van der Waals surface area (Å²) in [5.74, 6) is 2.61. The molecule has 33 heavy (non-hydrogen) atoms. The highest BCUT2D eigenvalue weighted by atomic mass is 16.5. The van der Waals surface area contributed by atoms with Gasteiger partial charge in [-0.3, -0.25) is 14.3 Å². The van der Waals surface area contributed by atoms with E-state index in [9.17, 15) is 9.59 Å². The lowest BCUT2D eigenvalue weighted by molar-refractivity contribution is -0.133. The minimum absolute atomic E-state index is 0.00232. The fourth-order valence-electron chi connectivity index (χ4n) is 4.64. The number of aromatic nitrogens is 3. The Labute approximate surface area is 193 Å². The molecule has 0 unspecified atom stereocenters. The van der Waals surface area contributed by atoms with Crippen molar-refractivity contribution in [2.75, 3.05) is 47.5 Å². The van der Waals surface area contributed by atoms with Crippen LogP contribution in [0.3, 0.4) is 0 Å². The zero-order valence-corrected chi connectivity index (χ0v) is 19.7.